The summed E-state index contributed by atoms with van der Waals surface area (Å²) in [7, 11) is 3.75. The first-order valence-electron chi connectivity index (χ1n) is 5.81. The standard InChI is InChI=1S/C12H19N5/c1-7(2)9-6-10(15-13-4)14-12-11(9)8(3)16-17(12)5/h6-7,13H,1-5H3,(H,14,15). The van der Waals surface area contributed by atoms with Crippen LogP contribution in [0.25, 0.3) is 11.0 Å². The predicted molar refractivity (Wildman–Crippen MR) is 70.0 cm³/mol. The zero-order chi connectivity index (χ0) is 12.6. The van der Waals surface area contributed by atoms with Gasteiger partial charge in [0.25, 0.3) is 0 Å². The van der Waals surface area contributed by atoms with E-state index in [2.05, 4.69) is 40.8 Å². The molecule has 2 aromatic rings. The van der Waals surface area contributed by atoms with E-state index in [4.69, 9.17) is 0 Å². The minimum atomic E-state index is 0.445. The van der Waals surface area contributed by atoms with Crippen LogP contribution >= 0.6 is 0 Å². The van der Waals surface area contributed by atoms with Gasteiger partial charge >= 0.3 is 0 Å². The van der Waals surface area contributed by atoms with Gasteiger partial charge in [0.2, 0.25) is 0 Å². The highest BCUT2D eigenvalue weighted by atomic mass is 15.4. The maximum absolute atomic E-state index is 4.56. The van der Waals surface area contributed by atoms with Gasteiger partial charge in [0, 0.05) is 19.5 Å². The second kappa shape index (κ2) is 4.33. The molecule has 2 N–H and O–H groups in total. The molecule has 0 bridgehead atoms. The molecule has 2 heterocycles. The number of aryl methyl sites for hydroxylation is 2. The van der Waals surface area contributed by atoms with Gasteiger partial charge in [-0.2, -0.15) is 5.10 Å². The van der Waals surface area contributed by atoms with Crippen LogP contribution in [0.1, 0.15) is 31.0 Å². The Balaban J connectivity index is 2.74. The lowest BCUT2D eigenvalue weighted by Gasteiger charge is -2.11. The van der Waals surface area contributed by atoms with Crippen LogP contribution in [0.4, 0.5) is 5.82 Å². The van der Waals surface area contributed by atoms with Crippen molar-refractivity contribution in [1.82, 2.24) is 20.2 Å². The Morgan fingerprint density at radius 1 is 1.35 bits per heavy atom. The Kier molecular flexibility index (Phi) is 3.02. The van der Waals surface area contributed by atoms with E-state index in [1.165, 1.54) is 10.9 Å². The molecule has 0 radical (unpaired) electrons. The number of aromatic nitrogens is 3. The quantitative estimate of drug-likeness (QED) is 0.796. The summed E-state index contributed by atoms with van der Waals surface area (Å²) < 4.78 is 1.83. The van der Waals surface area contributed by atoms with Gasteiger partial charge in [0.1, 0.15) is 5.82 Å². The molecule has 0 saturated heterocycles. The third-order valence-electron chi connectivity index (χ3n) is 2.87. The first kappa shape index (κ1) is 11.9. The summed E-state index contributed by atoms with van der Waals surface area (Å²) in [6.45, 7) is 6.40. The van der Waals surface area contributed by atoms with E-state index < -0.39 is 0 Å². The number of hydrogen-bond donors (Lipinski definition) is 2. The van der Waals surface area contributed by atoms with Crippen molar-refractivity contribution in [3.05, 3.63) is 17.3 Å². The molecule has 0 aliphatic carbocycles. The Morgan fingerprint density at radius 2 is 2.06 bits per heavy atom. The molecule has 5 nitrogen and oxygen atoms in total. The van der Waals surface area contributed by atoms with Crippen LogP contribution in [0.15, 0.2) is 6.07 Å². The van der Waals surface area contributed by atoms with Gasteiger partial charge in [0.05, 0.1) is 5.69 Å². The molecule has 0 aliphatic rings. The van der Waals surface area contributed by atoms with Gasteiger partial charge in [-0.25, -0.2) is 10.4 Å². The van der Waals surface area contributed by atoms with Crippen LogP contribution in [0.3, 0.4) is 0 Å². The number of nitrogens with one attached hydrogen (secondary N) is 2. The van der Waals surface area contributed by atoms with E-state index in [0.717, 1.165) is 17.2 Å². The fraction of sp³-hybridized carbons (Fsp3) is 0.500. The van der Waals surface area contributed by atoms with Crippen molar-refractivity contribution >= 4 is 16.9 Å². The summed E-state index contributed by atoms with van der Waals surface area (Å²) in [6.07, 6.45) is 0. The second-order valence-electron chi connectivity index (χ2n) is 4.53. The van der Waals surface area contributed by atoms with Crippen molar-refractivity contribution in [2.45, 2.75) is 26.7 Å². The molecule has 0 fully saturated rings. The van der Waals surface area contributed by atoms with Crippen LogP contribution in [0, 0.1) is 6.92 Å². The van der Waals surface area contributed by atoms with Crippen LogP contribution in [-0.4, -0.2) is 21.8 Å². The first-order valence-corrected chi connectivity index (χ1v) is 5.81. The van der Waals surface area contributed by atoms with Gasteiger partial charge in [-0.3, -0.25) is 4.68 Å². The lowest BCUT2D eigenvalue weighted by atomic mass is 10.00. The summed E-state index contributed by atoms with van der Waals surface area (Å²) in [6, 6.07) is 2.08. The lowest BCUT2D eigenvalue weighted by molar-refractivity contribution is 0.773. The highest BCUT2D eigenvalue weighted by Gasteiger charge is 2.15. The number of hydrazine groups is 1. The molecule has 5 heteroatoms. The Labute approximate surface area is 101 Å². The molecule has 17 heavy (non-hydrogen) atoms. The summed E-state index contributed by atoms with van der Waals surface area (Å²) in [5.74, 6) is 1.27. The maximum Gasteiger partial charge on any atom is 0.160 e. The summed E-state index contributed by atoms with van der Waals surface area (Å²) in [5.41, 5.74) is 9.16. The van der Waals surface area contributed by atoms with Crippen molar-refractivity contribution in [2.75, 3.05) is 12.5 Å². The van der Waals surface area contributed by atoms with E-state index in [0.29, 0.717) is 5.92 Å². The molecule has 0 unspecified atom stereocenters. The Morgan fingerprint density at radius 3 is 2.65 bits per heavy atom. The molecular formula is C12H19N5. The Bertz CT molecular complexity index is 541. The molecule has 2 rings (SSSR count). The SMILES string of the molecule is CNNc1cc(C(C)C)c2c(C)nn(C)c2n1. The fourth-order valence-electron chi connectivity index (χ4n) is 2.13. The number of nitrogens with zero attached hydrogens (tertiary/aromatic N) is 3. The second-order valence-corrected chi connectivity index (χ2v) is 4.53. The predicted octanol–water partition coefficient (Wildman–Crippen LogP) is 1.95. The van der Waals surface area contributed by atoms with E-state index in [1.54, 1.807) is 0 Å². The summed E-state index contributed by atoms with van der Waals surface area (Å²) >= 11 is 0. The first-order chi connectivity index (χ1) is 8.04. The number of rotatable bonds is 3. The largest absolute Gasteiger partial charge is 0.306 e. The monoisotopic (exact) mass is 233 g/mol. The van der Waals surface area contributed by atoms with Gasteiger partial charge in [-0.05, 0) is 24.5 Å². The van der Waals surface area contributed by atoms with Crippen molar-refractivity contribution in [2.24, 2.45) is 7.05 Å². The maximum atomic E-state index is 4.56. The van der Waals surface area contributed by atoms with E-state index in [-0.39, 0.29) is 0 Å². The van der Waals surface area contributed by atoms with Crippen molar-refractivity contribution in [3.63, 3.8) is 0 Å². The molecular weight excluding hydrogens is 214 g/mol. The van der Waals surface area contributed by atoms with Crippen LogP contribution in [0.2, 0.25) is 0 Å². The van der Waals surface area contributed by atoms with Crippen molar-refractivity contribution in [1.29, 1.82) is 0 Å². The average molecular weight is 233 g/mol. The highest BCUT2D eigenvalue weighted by molar-refractivity contribution is 5.84. The van der Waals surface area contributed by atoms with Crippen molar-refractivity contribution < 1.29 is 0 Å². The summed E-state index contributed by atoms with van der Waals surface area (Å²) in [4.78, 5) is 4.56. The topological polar surface area (TPSA) is 54.8 Å². The molecule has 0 amide bonds. The van der Waals surface area contributed by atoms with Gasteiger partial charge in [-0.1, -0.05) is 13.8 Å². The molecule has 0 aromatic carbocycles. The molecule has 2 aromatic heterocycles. The smallest absolute Gasteiger partial charge is 0.160 e. The van der Waals surface area contributed by atoms with Gasteiger partial charge in [0.15, 0.2) is 5.65 Å². The van der Waals surface area contributed by atoms with Crippen molar-refractivity contribution in [3.8, 4) is 0 Å². The van der Waals surface area contributed by atoms with Crippen LogP contribution < -0.4 is 10.9 Å². The highest BCUT2D eigenvalue weighted by Crippen LogP contribution is 2.28. The fourth-order valence-corrected chi connectivity index (χ4v) is 2.13. The number of fused-ring (bicyclic) bond motifs is 1. The van der Waals surface area contributed by atoms with Gasteiger partial charge < -0.3 is 5.43 Å². The zero-order valence-electron chi connectivity index (χ0n) is 11.0. The minimum Gasteiger partial charge on any atom is -0.306 e. The minimum absolute atomic E-state index is 0.445. The van der Waals surface area contributed by atoms with Gasteiger partial charge in [-0.15, -0.1) is 0 Å². The number of pyridine rings is 1. The normalized spacial score (nSPS) is 11.4. The van der Waals surface area contributed by atoms with E-state index in [1.807, 2.05) is 25.7 Å². The molecule has 92 valence electrons. The van der Waals surface area contributed by atoms with E-state index in [9.17, 15) is 0 Å². The molecule has 0 spiro atoms. The zero-order valence-corrected chi connectivity index (χ0v) is 11.0. The van der Waals surface area contributed by atoms with Crippen LogP contribution in [-0.2, 0) is 7.05 Å². The number of hydrogen-bond acceptors (Lipinski definition) is 4. The number of anilines is 1. The van der Waals surface area contributed by atoms with E-state index >= 15 is 0 Å². The Hall–Kier alpha value is -1.62. The lowest BCUT2D eigenvalue weighted by Crippen LogP contribution is -2.16. The average Bonchev–Trinajstić information content (AvgIpc) is 2.54. The van der Waals surface area contributed by atoms with Crippen LogP contribution in [0.5, 0.6) is 0 Å². The molecule has 0 atom stereocenters. The molecule has 0 saturated carbocycles. The third-order valence-corrected chi connectivity index (χ3v) is 2.87. The summed E-state index contributed by atoms with van der Waals surface area (Å²) in [5, 5.41) is 5.61. The molecule has 0 aliphatic heterocycles. The third kappa shape index (κ3) is 1.98.